The van der Waals surface area contributed by atoms with E-state index >= 15 is 0 Å². The highest BCUT2D eigenvalue weighted by atomic mass is 16.1. The van der Waals surface area contributed by atoms with Crippen LogP contribution in [0.2, 0.25) is 0 Å². The second kappa shape index (κ2) is 5.24. The quantitative estimate of drug-likeness (QED) is 0.922. The molecule has 0 unspecified atom stereocenters. The van der Waals surface area contributed by atoms with Crippen molar-refractivity contribution in [2.75, 3.05) is 16.8 Å². The summed E-state index contributed by atoms with van der Waals surface area (Å²) in [7, 11) is 1.93. The van der Waals surface area contributed by atoms with Gasteiger partial charge in [0.1, 0.15) is 5.69 Å². The van der Waals surface area contributed by atoms with Crippen LogP contribution < -0.4 is 10.2 Å². The Morgan fingerprint density at radius 1 is 1.29 bits per heavy atom. The van der Waals surface area contributed by atoms with Gasteiger partial charge in [-0.3, -0.25) is 9.48 Å². The van der Waals surface area contributed by atoms with Crippen LogP contribution in [0.15, 0.2) is 24.3 Å². The molecule has 110 valence electrons. The first kappa shape index (κ1) is 13.7. The maximum Gasteiger partial charge on any atom is 0.226 e. The number of fused-ring (bicyclic) bond motifs is 1. The third-order valence-electron chi connectivity index (χ3n) is 3.85. The molecule has 1 amide bonds. The lowest BCUT2D eigenvalue weighted by molar-refractivity contribution is -0.115. The maximum absolute atomic E-state index is 12.0. The molecule has 2 aromatic rings. The van der Waals surface area contributed by atoms with Gasteiger partial charge in [0.2, 0.25) is 5.91 Å². The fraction of sp³-hybridized carbons (Fsp3) is 0.375. The van der Waals surface area contributed by atoms with Gasteiger partial charge in [-0.1, -0.05) is 24.6 Å². The third kappa shape index (κ3) is 2.39. The van der Waals surface area contributed by atoms with Gasteiger partial charge < -0.3 is 10.2 Å². The molecule has 21 heavy (non-hydrogen) atoms. The van der Waals surface area contributed by atoms with Gasteiger partial charge in [-0.05, 0) is 25.5 Å². The summed E-state index contributed by atoms with van der Waals surface area (Å²) in [6.07, 6.45) is 1.27. The van der Waals surface area contributed by atoms with Crippen LogP contribution >= 0.6 is 0 Å². The number of hydrogen-bond donors (Lipinski definition) is 1. The number of benzene rings is 1. The lowest BCUT2D eigenvalue weighted by Crippen LogP contribution is -2.21. The molecule has 5 heteroatoms. The zero-order valence-corrected chi connectivity index (χ0v) is 12.7. The van der Waals surface area contributed by atoms with E-state index in [0.717, 1.165) is 29.3 Å². The Balaban J connectivity index is 2.13. The summed E-state index contributed by atoms with van der Waals surface area (Å²) in [5, 5.41) is 7.55. The molecule has 1 aromatic carbocycles. The number of aryl methyl sites for hydroxylation is 3. The van der Waals surface area contributed by atoms with Crippen molar-refractivity contribution in [2.45, 2.75) is 26.7 Å². The zero-order chi connectivity index (χ0) is 15.0. The number of nitrogens with zero attached hydrogens (tertiary/aromatic N) is 3. The van der Waals surface area contributed by atoms with Crippen molar-refractivity contribution in [2.24, 2.45) is 7.05 Å². The standard InChI is InChI=1S/C16H20N4O/c1-4-13-15-16(19(3)18-13)20(10-9-14(21)17-15)12-7-5-11(2)6-8-12/h5-8H,4,9-10H2,1-3H3,(H,17,21). The minimum atomic E-state index is 0.0496. The highest BCUT2D eigenvalue weighted by molar-refractivity contribution is 5.97. The number of hydrogen-bond acceptors (Lipinski definition) is 3. The van der Waals surface area contributed by atoms with Crippen LogP contribution in [0, 0.1) is 6.92 Å². The molecule has 1 aliphatic heterocycles. The number of rotatable bonds is 2. The SMILES string of the molecule is CCc1nn(C)c2c1NC(=O)CCN2c1ccc(C)cc1. The average Bonchev–Trinajstić information content (AvgIpc) is 2.66. The van der Waals surface area contributed by atoms with Crippen LogP contribution in [0.25, 0.3) is 0 Å². The number of carbonyl (C=O) groups excluding carboxylic acids is 1. The first-order valence-corrected chi connectivity index (χ1v) is 7.30. The van der Waals surface area contributed by atoms with Gasteiger partial charge in [-0.2, -0.15) is 5.10 Å². The van der Waals surface area contributed by atoms with E-state index in [9.17, 15) is 4.79 Å². The number of nitrogens with one attached hydrogen (secondary N) is 1. The predicted octanol–water partition coefficient (Wildman–Crippen LogP) is 2.77. The Bertz CT molecular complexity index is 672. The maximum atomic E-state index is 12.0. The molecular weight excluding hydrogens is 264 g/mol. The van der Waals surface area contributed by atoms with E-state index in [1.54, 1.807) is 0 Å². The number of carbonyl (C=O) groups is 1. The summed E-state index contributed by atoms with van der Waals surface area (Å²) in [4.78, 5) is 14.1. The smallest absolute Gasteiger partial charge is 0.226 e. The van der Waals surface area contributed by atoms with Gasteiger partial charge in [-0.15, -0.1) is 0 Å². The lowest BCUT2D eigenvalue weighted by atomic mass is 10.2. The summed E-state index contributed by atoms with van der Waals surface area (Å²) in [6, 6.07) is 8.36. The minimum absolute atomic E-state index is 0.0496. The monoisotopic (exact) mass is 284 g/mol. The van der Waals surface area contributed by atoms with E-state index in [-0.39, 0.29) is 5.91 Å². The van der Waals surface area contributed by atoms with E-state index in [4.69, 9.17) is 0 Å². The first-order valence-electron chi connectivity index (χ1n) is 7.30. The fourth-order valence-corrected chi connectivity index (χ4v) is 2.75. The molecule has 2 heterocycles. The van der Waals surface area contributed by atoms with Crippen molar-refractivity contribution in [1.29, 1.82) is 0 Å². The van der Waals surface area contributed by atoms with Gasteiger partial charge in [0.25, 0.3) is 0 Å². The highest BCUT2D eigenvalue weighted by Gasteiger charge is 2.26. The lowest BCUT2D eigenvalue weighted by Gasteiger charge is -2.23. The molecule has 0 atom stereocenters. The van der Waals surface area contributed by atoms with Crippen LogP contribution in [0.3, 0.4) is 0 Å². The van der Waals surface area contributed by atoms with Crippen molar-refractivity contribution < 1.29 is 4.79 Å². The van der Waals surface area contributed by atoms with Crippen LogP contribution in [0.5, 0.6) is 0 Å². The van der Waals surface area contributed by atoms with E-state index in [2.05, 4.69) is 53.4 Å². The van der Waals surface area contributed by atoms with Crippen molar-refractivity contribution in [3.63, 3.8) is 0 Å². The van der Waals surface area contributed by atoms with Gasteiger partial charge >= 0.3 is 0 Å². The van der Waals surface area contributed by atoms with Crippen molar-refractivity contribution >= 4 is 23.1 Å². The molecule has 0 saturated carbocycles. The Labute approximate surface area is 124 Å². The summed E-state index contributed by atoms with van der Waals surface area (Å²) >= 11 is 0. The number of amides is 1. The van der Waals surface area contributed by atoms with Crippen molar-refractivity contribution in [3.05, 3.63) is 35.5 Å². The molecule has 0 bridgehead atoms. The third-order valence-corrected chi connectivity index (χ3v) is 3.85. The minimum Gasteiger partial charge on any atom is -0.324 e. The second-order valence-corrected chi connectivity index (χ2v) is 5.41. The van der Waals surface area contributed by atoms with Crippen LogP contribution in [-0.4, -0.2) is 22.2 Å². The summed E-state index contributed by atoms with van der Waals surface area (Å²) in [5.41, 5.74) is 4.09. The van der Waals surface area contributed by atoms with Crippen LogP contribution in [0.4, 0.5) is 17.2 Å². The first-order chi connectivity index (χ1) is 10.1. The van der Waals surface area contributed by atoms with Gasteiger partial charge in [0, 0.05) is 25.7 Å². The molecule has 0 aliphatic carbocycles. The van der Waals surface area contributed by atoms with Crippen molar-refractivity contribution in [1.82, 2.24) is 9.78 Å². The number of anilines is 3. The van der Waals surface area contributed by atoms with E-state index in [1.165, 1.54) is 5.56 Å². The molecule has 5 nitrogen and oxygen atoms in total. The summed E-state index contributed by atoms with van der Waals surface area (Å²) in [5.74, 6) is 1.01. The van der Waals surface area contributed by atoms with Gasteiger partial charge in [0.05, 0.1) is 5.69 Å². The van der Waals surface area contributed by atoms with Crippen LogP contribution in [-0.2, 0) is 18.3 Å². The molecule has 0 saturated heterocycles. The number of aromatic nitrogens is 2. The van der Waals surface area contributed by atoms with Gasteiger partial charge in [0.15, 0.2) is 5.82 Å². The Kier molecular flexibility index (Phi) is 3.41. The zero-order valence-electron chi connectivity index (χ0n) is 12.7. The molecule has 1 aromatic heterocycles. The molecule has 0 spiro atoms. The van der Waals surface area contributed by atoms with Crippen molar-refractivity contribution in [3.8, 4) is 0 Å². The predicted molar refractivity (Wildman–Crippen MR) is 84.0 cm³/mol. The van der Waals surface area contributed by atoms with E-state index in [1.807, 2.05) is 11.7 Å². The second-order valence-electron chi connectivity index (χ2n) is 5.41. The normalized spacial score (nSPS) is 14.6. The molecule has 0 radical (unpaired) electrons. The average molecular weight is 284 g/mol. The molecule has 0 fully saturated rings. The Morgan fingerprint density at radius 2 is 2.00 bits per heavy atom. The molecule has 1 N–H and O–H groups in total. The highest BCUT2D eigenvalue weighted by Crippen LogP contribution is 2.36. The molecule has 1 aliphatic rings. The molecular formula is C16H20N4O. The van der Waals surface area contributed by atoms with E-state index in [0.29, 0.717) is 13.0 Å². The topological polar surface area (TPSA) is 50.2 Å². The Hall–Kier alpha value is -2.30. The van der Waals surface area contributed by atoms with Crippen LogP contribution in [0.1, 0.15) is 24.6 Å². The summed E-state index contributed by atoms with van der Waals surface area (Å²) < 4.78 is 1.86. The largest absolute Gasteiger partial charge is 0.324 e. The van der Waals surface area contributed by atoms with Gasteiger partial charge in [-0.25, -0.2) is 0 Å². The summed E-state index contributed by atoms with van der Waals surface area (Å²) in [6.45, 7) is 4.78. The van der Waals surface area contributed by atoms with E-state index < -0.39 is 0 Å². The molecule has 3 rings (SSSR count). The fourth-order valence-electron chi connectivity index (χ4n) is 2.75. The Morgan fingerprint density at radius 3 is 2.67 bits per heavy atom.